The number of carbonyl (C=O) groups is 1. The number of amides is 1. The molecule has 12 heavy (non-hydrogen) atoms. The Kier molecular flexibility index (Phi) is 2.34. The highest BCUT2D eigenvalue weighted by atomic mass is 19.1. The zero-order valence-corrected chi connectivity index (χ0v) is 6.83. The van der Waals surface area contributed by atoms with Gasteiger partial charge in [-0.15, -0.1) is 0 Å². The molecule has 1 atom stereocenters. The van der Waals surface area contributed by atoms with E-state index in [1.165, 1.54) is 11.8 Å². The molecule has 1 amide bonds. The molecule has 1 heterocycles. The summed E-state index contributed by atoms with van der Waals surface area (Å²) >= 11 is 0. The first kappa shape index (κ1) is 9.41. The first-order chi connectivity index (χ1) is 5.48. The minimum Gasteiger partial charge on any atom is -0.393 e. The van der Waals surface area contributed by atoms with Crippen LogP contribution in [-0.4, -0.2) is 52.5 Å². The average molecular weight is 177 g/mol. The van der Waals surface area contributed by atoms with Gasteiger partial charge in [0, 0.05) is 0 Å². The molecule has 0 radical (unpaired) electrons. The quantitative estimate of drug-likeness (QED) is 0.563. The Balaban J connectivity index is 2.39. The van der Waals surface area contributed by atoms with E-state index in [1.54, 1.807) is 0 Å². The molecule has 0 aromatic rings. The molecule has 5 heteroatoms. The summed E-state index contributed by atoms with van der Waals surface area (Å²) in [6.45, 7) is 0.524. The first-order valence-electron chi connectivity index (χ1n) is 3.75. The summed E-state index contributed by atoms with van der Waals surface area (Å²) in [4.78, 5) is 12.1. The zero-order chi connectivity index (χ0) is 9.35. The summed E-state index contributed by atoms with van der Waals surface area (Å²) < 4.78 is 13.0. The van der Waals surface area contributed by atoms with Gasteiger partial charge in [-0.1, -0.05) is 0 Å². The summed E-state index contributed by atoms with van der Waals surface area (Å²) in [6, 6.07) is 0. The van der Waals surface area contributed by atoms with Gasteiger partial charge in [-0.05, 0) is 6.92 Å². The second-order valence-corrected chi connectivity index (χ2v) is 3.18. The molecule has 1 aliphatic heterocycles. The number of halogens is 1. The zero-order valence-electron chi connectivity index (χ0n) is 6.83. The highest BCUT2D eigenvalue weighted by molar-refractivity contribution is 5.81. The van der Waals surface area contributed by atoms with Gasteiger partial charge in [0.15, 0.2) is 5.67 Å². The van der Waals surface area contributed by atoms with Crippen molar-refractivity contribution in [3.8, 4) is 0 Å². The molecule has 0 unspecified atom stereocenters. The number of hydrogen-bond acceptors (Lipinski definition) is 3. The molecule has 0 bridgehead atoms. The maximum atomic E-state index is 13.0. The van der Waals surface area contributed by atoms with Crippen molar-refractivity contribution in [3.63, 3.8) is 0 Å². The summed E-state index contributed by atoms with van der Waals surface area (Å²) in [5.74, 6) is -0.489. The number of nitrogens with zero attached hydrogens (tertiary/aromatic N) is 1. The number of rotatable bonds is 2. The number of carbonyl (C=O) groups excluding carboxylic acids is 1. The van der Waals surface area contributed by atoms with Gasteiger partial charge in [-0.2, -0.15) is 0 Å². The lowest BCUT2D eigenvalue weighted by atomic mass is 9.97. The lowest BCUT2D eigenvalue weighted by Gasteiger charge is -2.43. The number of aliphatic hydroxyl groups excluding tert-OH is 2. The van der Waals surface area contributed by atoms with Crippen LogP contribution >= 0.6 is 0 Å². The molecule has 2 N–H and O–H groups in total. The molecule has 1 fully saturated rings. The van der Waals surface area contributed by atoms with Crippen molar-refractivity contribution < 1.29 is 19.4 Å². The van der Waals surface area contributed by atoms with Crippen LogP contribution in [0.1, 0.15) is 6.92 Å². The Morgan fingerprint density at radius 1 is 1.75 bits per heavy atom. The number of alkyl halides is 1. The van der Waals surface area contributed by atoms with Crippen LogP contribution < -0.4 is 0 Å². The molecular formula is C7H12FNO3. The van der Waals surface area contributed by atoms with Gasteiger partial charge >= 0.3 is 0 Å². The molecule has 0 aromatic carbocycles. The predicted octanol–water partition coefficient (Wildman–Crippen LogP) is -1.09. The van der Waals surface area contributed by atoms with Crippen LogP contribution in [0.2, 0.25) is 0 Å². The van der Waals surface area contributed by atoms with Crippen LogP contribution in [-0.2, 0) is 4.79 Å². The average Bonchev–Trinajstić information content (AvgIpc) is 1.97. The van der Waals surface area contributed by atoms with Gasteiger partial charge in [-0.25, -0.2) is 4.39 Å². The monoisotopic (exact) mass is 177 g/mol. The van der Waals surface area contributed by atoms with Gasteiger partial charge in [0.2, 0.25) is 0 Å². The molecule has 0 aromatic heterocycles. The van der Waals surface area contributed by atoms with Crippen molar-refractivity contribution in [2.45, 2.75) is 18.7 Å². The van der Waals surface area contributed by atoms with Crippen LogP contribution in [0.15, 0.2) is 0 Å². The third-order valence-electron chi connectivity index (χ3n) is 1.90. The lowest BCUT2D eigenvalue weighted by molar-refractivity contribution is -0.156. The third-order valence-corrected chi connectivity index (χ3v) is 1.90. The number of hydrogen-bond donors (Lipinski definition) is 2. The van der Waals surface area contributed by atoms with Crippen LogP contribution in [0.3, 0.4) is 0 Å². The molecular weight excluding hydrogens is 165 g/mol. The van der Waals surface area contributed by atoms with Gasteiger partial charge in [0.25, 0.3) is 5.91 Å². The van der Waals surface area contributed by atoms with E-state index in [4.69, 9.17) is 10.2 Å². The Morgan fingerprint density at radius 3 is 2.58 bits per heavy atom. The predicted molar refractivity (Wildman–Crippen MR) is 39.2 cm³/mol. The number of likely N-dealkylation sites (tertiary alicyclic amines) is 1. The fourth-order valence-electron chi connectivity index (χ4n) is 1.16. The van der Waals surface area contributed by atoms with E-state index >= 15 is 0 Å². The molecule has 0 spiro atoms. The fourth-order valence-corrected chi connectivity index (χ4v) is 1.16. The normalized spacial score (nSPS) is 23.2. The van der Waals surface area contributed by atoms with E-state index in [9.17, 15) is 9.18 Å². The van der Waals surface area contributed by atoms with Gasteiger partial charge in [0.1, 0.15) is 6.10 Å². The van der Waals surface area contributed by atoms with Crippen molar-refractivity contribution in [3.05, 3.63) is 0 Å². The Hall–Kier alpha value is -0.680. The van der Waals surface area contributed by atoms with Crippen molar-refractivity contribution in [1.29, 1.82) is 0 Å². The van der Waals surface area contributed by atoms with E-state index < -0.39 is 24.3 Å². The van der Waals surface area contributed by atoms with Crippen LogP contribution in [0.5, 0.6) is 0 Å². The molecule has 4 nitrogen and oxygen atoms in total. The molecule has 1 saturated heterocycles. The second-order valence-electron chi connectivity index (χ2n) is 3.18. The Bertz CT molecular complexity index is 189. The molecule has 1 aliphatic rings. The maximum Gasteiger partial charge on any atom is 0.251 e. The van der Waals surface area contributed by atoms with E-state index in [1.807, 2.05) is 0 Å². The molecule has 0 aliphatic carbocycles. The fraction of sp³-hybridized carbons (Fsp3) is 0.857. The highest BCUT2D eigenvalue weighted by Crippen LogP contribution is 2.24. The minimum absolute atomic E-state index is 0.118. The van der Waals surface area contributed by atoms with E-state index in [-0.39, 0.29) is 13.1 Å². The standard InChI is InChI=1S/C7H12FNO3/c1-5(11)6(12)9-2-7(8,3-9)4-10/h5,10-11H,2-4H2,1H3/t5-/m0/s1. The minimum atomic E-state index is -1.65. The summed E-state index contributed by atoms with van der Waals surface area (Å²) in [5.41, 5.74) is -1.65. The molecule has 70 valence electrons. The lowest BCUT2D eigenvalue weighted by Crippen LogP contribution is -2.64. The van der Waals surface area contributed by atoms with Crippen molar-refractivity contribution in [2.75, 3.05) is 19.7 Å². The highest BCUT2D eigenvalue weighted by Gasteiger charge is 2.45. The largest absolute Gasteiger partial charge is 0.393 e. The summed E-state index contributed by atoms with van der Waals surface area (Å²) in [7, 11) is 0. The van der Waals surface area contributed by atoms with Crippen molar-refractivity contribution in [2.24, 2.45) is 0 Å². The Morgan fingerprint density at radius 2 is 2.25 bits per heavy atom. The van der Waals surface area contributed by atoms with Crippen LogP contribution in [0.4, 0.5) is 4.39 Å². The summed E-state index contributed by atoms with van der Waals surface area (Å²) in [6.07, 6.45) is -1.09. The first-order valence-corrected chi connectivity index (χ1v) is 3.75. The van der Waals surface area contributed by atoms with E-state index in [0.717, 1.165) is 0 Å². The van der Waals surface area contributed by atoms with Gasteiger partial charge < -0.3 is 15.1 Å². The Labute approximate surface area is 69.6 Å². The topological polar surface area (TPSA) is 60.8 Å². The van der Waals surface area contributed by atoms with E-state index in [2.05, 4.69) is 0 Å². The SMILES string of the molecule is C[C@H](O)C(=O)N1CC(F)(CO)C1. The molecule has 1 rings (SSSR count). The van der Waals surface area contributed by atoms with Gasteiger partial charge in [0.05, 0.1) is 19.7 Å². The smallest absolute Gasteiger partial charge is 0.251 e. The summed E-state index contributed by atoms with van der Waals surface area (Å²) in [5, 5.41) is 17.3. The third kappa shape index (κ3) is 1.56. The van der Waals surface area contributed by atoms with Crippen LogP contribution in [0.25, 0.3) is 0 Å². The van der Waals surface area contributed by atoms with Crippen molar-refractivity contribution >= 4 is 5.91 Å². The van der Waals surface area contributed by atoms with Crippen LogP contribution in [0, 0.1) is 0 Å². The van der Waals surface area contributed by atoms with Crippen molar-refractivity contribution in [1.82, 2.24) is 4.90 Å². The van der Waals surface area contributed by atoms with Gasteiger partial charge in [-0.3, -0.25) is 4.79 Å². The second kappa shape index (κ2) is 2.99. The number of aliphatic hydroxyl groups is 2. The van der Waals surface area contributed by atoms with E-state index in [0.29, 0.717) is 0 Å². The molecule has 0 saturated carbocycles. The maximum absolute atomic E-state index is 13.0.